The van der Waals surface area contributed by atoms with Gasteiger partial charge in [0.2, 0.25) is 0 Å². The van der Waals surface area contributed by atoms with Crippen molar-refractivity contribution in [3.63, 3.8) is 0 Å². The van der Waals surface area contributed by atoms with Crippen molar-refractivity contribution in [2.75, 3.05) is 13.1 Å². The predicted octanol–water partition coefficient (Wildman–Crippen LogP) is 1.67. The number of hydrogen-bond donors (Lipinski definition) is 1. The summed E-state index contributed by atoms with van der Waals surface area (Å²) in [5.41, 5.74) is -1.95. The minimum absolute atomic E-state index is 0.0607. The number of halogens is 1. The number of amides is 1. The molecule has 8 heteroatoms. The van der Waals surface area contributed by atoms with Crippen molar-refractivity contribution in [1.82, 2.24) is 4.90 Å². The minimum Gasteiger partial charge on any atom is -0.481 e. The second-order valence-electron chi connectivity index (χ2n) is 5.26. The number of nitro benzene ring substituents is 1. The molecule has 0 bridgehead atoms. The lowest BCUT2D eigenvalue weighted by Gasteiger charge is -2.20. The zero-order valence-corrected chi connectivity index (χ0v) is 11.2. The lowest BCUT2D eigenvalue weighted by atomic mass is 9.90. The van der Waals surface area contributed by atoms with Crippen molar-refractivity contribution in [3.8, 4) is 0 Å². The molecule has 1 unspecified atom stereocenters. The van der Waals surface area contributed by atoms with E-state index in [1.165, 1.54) is 11.8 Å². The SMILES string of the molecule is CC1(C(=O)O)CCN(C(=O)c2cc(F)ccc2[N+](=O)[O-])C1. The summed E-state index contributed by atoms with van der Waals surface area (Å²) in [4.78, 5) is 34.8. The number of likely N-dealkylation sites (tertiary alicyclic amines) is 1. The van der Waals surface area contributed by atoms with E-state index in [1.54, 1.807) is 0 Å². The highest BCUT2D eigenvalue weighted by Gasteiger charge is 2.43. The van der Waals surface area contributed by atoms with Gasteiger partial charge in [-0.15, -0.1) is 0 Å². The Balaban J connectivity index is 2.32. The van der Waals surface area contributed by atoms with E-state index in [0.29, 0.717) is 0 Å². The van der Waals surface area contributed by atoms with Crippen molar-refractivity contribution in [3.05, 3.63) is 39.7 Å². The van der Waals surface area contributed by atoms with E-state index in [4.69, 9.17) is 5.11 Å². The largest absolute Gasteiger partial charge is 0.481 e. The molecule has 0 radical (unpaired) electrons. The van der Waals surface area contributed by atoms with E-state index < -0.39 is 33.7 Å². The number of carboxylic acids is 1. The van der Waals surface area contributed by atoms with Crippen molar-refractivity contribution in [2.24, 2.45) is 5.41 Å². The maximum atomic E-state index is 13.3. The number of aliphatic carboxylic acids is 1. The molecule has 1 N–H and O–H groups in total. The Morgan fingerprint density at radius 3 is 2.67 bits per heavy atom. The Kier molecular flexibility index (Phi) is 3.63. The highest BCUT2D eigenvalue weighted by Crippen LogP contribution is 2.32. The monoisotopic (exact) mass is 296 g/mol. The van der Waals surface area contributed by atoms with Crippen molar-refractivity contribution in [2.45, 2.75) is 13.3 Å². The predicted molar refractivity (Wildman–Crippen MR) is 69.3 cm³/mol. The molecule has 7 nitrogen and oxygen atoms in total. The van der Waals surface area contributed by atoms with Gasteiger partial charge in [-0.05, 0) is 25.5 Å². The Morgan fingerprint density at radius 1 is 1.48 bits per heavy atom. The average Bonchev–Trinajstić information content (AvgIpc) is 2.81. The van der Waals surface area contributed by atoms with E-state index in [9.17, 15) is 24.1 Å². The Bertz CT molecular complexity index is 633. The van der Waals surface area contributed by atoms with Crippen molar-refractivity contribution < 1.29 is 24.0 Å². The molecular formula is C13H13FN2O5. The smallest absolute Gasteiger partial charge is 0.311 e. The van der Waals surface area contributed by atoms with E-state index in [0.717, 1.165) is 18.2 Å². The lowest BCUT2D eigenvalue weighted by molar-refractivity contribution is -0.385. The van der Waals surface area contributed by atoms with Gasteiger partial charge in [-0.1, -0.05) is 0 Å². The van der Waals surface area contributed by atoms with Gasteiger partial charge in [0.1, 0.15) is 11.4 Å². The first-order valence-corrected chi connectivity index (χ1v) is 6.21. The van der Waals surface area contributed by atoms with Crippen LogP contribution >= 0.6 is 0 Å². The zero-order valence-electron chi connectivity index (χ0n) is 11.2. The van der Waals surface area contributed by atoms with Gasteiger partial charge in [0.05, 0.1) is 10.3 Å². The third-order valence-corrected chi connectivity index (χ3v) is 3.66. The molecule has 1 aromatic rings. The van der Waals surface area contributed by atoms with Gasteiger partial charge in [0.15, 0.2) is 0 Å². The Labute approximate surface area is 119 Å². The zero-order chi connectivity index (χ0) is 15.8. The van der Waals surface area contributed by atoms with Crippen molar-refractivity contribution >= 4 is 17.6 Å². The fourth-order valence-electron chi connectivity index (χ4n) is 2.32. The Hall–Kier alpha value is -2.51. The van der Waals surface area contributed by atoms with E-state index in [1.807, 2.05) is 0 Å². The van der Waals surface area contributed by atoms with Crippen LogP contribution in [0, 0.1) is 21.3 Å². The van der Waals surface area contributed by atoms with Gasteiger partial charge in [0, 0.05) is 19.2 Å². The molecule has 0 aliphatic carbocycles. The quantitative estimate of drug-likeness (QED) is 0.675. The molecule has 0 saturated carbocycles. The van der Waals surface area contributed by atoms with Crippen LogP contribution in [0.4, 0.5) is 10.1 Å². The van der Waals surface area contributed by atoms with Crippen molar-refractivity contribution in [1.29, 1.82) is 0 Å². The molecule has 0 spiro atoms. The molecule has 0 aromatic heterocycles. The van der Waals surface area contributed by atoms with Gasteiger partial charge in [-0.25, -0.2) is 4.39 Å². The van der Waals surface area contributed by atoms with Crippen LogP contribution in [0.5, 0.6) is 0 Å². The summed E-state index contributed by atoms with van der Waals surface area (Å²) in [5, 5.41) is 20.0. The first-order chi connectivity index (χ1) is 9.74. The van der Waals surface area contributed by atoms with Crippen LogP contribution in [0.25, 0.3) is 0 Å². The molecule has 1 atom stereocenters. The first-order valence-electron chi connectivity index (χ1n) is 6.21. The van der Waals surface area contributed by atoms with E-state index >= 15 is 0 Å². The number of carbonyl (C=O) groups excluding carboxylic acids is 1. The van der Waals surface area contributed by atoms with E-state index in [2.05, 4.69) is 0 Å². The number of nitro groups is 1. The van der Waals surface area contributed by atoms with Crippen LogP contribution in [0.15, 0.2) is 18.2 Å². The topological polar surface area (TPSA) is 101 Å². The maximum Gasteiger partial charge on any atom is 0.311 e. The summed E-state index contributed by atoms with van der Waals surface area (Å²) >= 11 is 0. The fourth-order valence-corrected chi connectivity index (χ4v) is 2.32. The van der Waals surface area contributed by atoms with Gasteiger partial charge in [-0.3, -0.25) is 19.7 Å². The van der Waals surface area contributed by atoms with Crippen LogP contribution in [0.3, 0.4) is 0 Å². The van der Waals surface area contributed by atoms with Crippen LogP contribution in [0.1, 0.15) is 23.7 Å². The van der Waals surface area contributed by atoms with Crippen LogP contribution in [0.2, 0.25) is 0 Å². The van der Waals surface area contributed by atoms with Gasteiger partial charge >= 0.3 is 5.97 Å². The third kappa shape index (κ3) is 2.69. The maximum absolute atomic E-state index is 13.3. The lowest BCUT2D eigenvalue weighted by Crippen LogP contribution is -2.35. The normalized spacial score (nSPS) is 21.3. The molecule has 1 amide bonds. The Morgan fingerprint density at radius 2 is 2.14 bits per heavy atom. The van der Waals surface area contributed by atoms with Crippen LogP contribution in [-0.2, 0) is 4.79 Å². The molecule has 1 aliphatic heterocycles. The highest BCUT2D eigenvalue weighted by molar-refractivity contribution is 5.98. The average molecular weight is 296 g/mol. The molecule has 1 heterocycles. The fraction of sp³-hybridized carbons (Fsp3) is 0.385. The molecule has 1 fully saturated rings. The van der Waals surface area contributed by atoms with Gasteiger partial charge in [-0.2, -0.15) is 0 Å². The molecule has 1 saturated heterocycles. The summed E-state index contributed by atoms with van der Waals surface area (Å²) in [6.45, 7) is 1.60. The van der Waals surface area contributed by atoms with Crippen LogP contribution < -0.4 is 0 Å². The third-order valence-electron chi connectivity index (χ3n) is 3.66. The van der Waals surface area contributed by atoms with Crippen LogP contribution in [-0.4, -0.2) is 39.9 Å². The highest BCUT2D eigenvalue weighted by atomic mass is 19.1. The standard InChI is InChI=1S/C13H13FN2O5/c1-13(12(18)19)4-5-15(7-13)11(17)9-6-8(14)2-3-10(9)16(20)21/h2-3,6H,4-5,7H2,1H3,(H,18,19). The summed E-state index contributed by atoms with van der Waals surface area (Å²) in [6.07, 6.45) is 0.247. The number of hydrogen-bond acceptors (Lipinski definition) is 4. The summed E-state index contributed by atoms with van der Waals surface area (Å²) < 4.78 is 13.3. The number of carboxylic acid groups (broad SMARTS) is 1. The molecule has 2 rings (SSSR count). The number of benzene rings is 1. The molecule has 112 valence electrons. The molecule has 21 heavy (non-hydrogen) atoms. The number of rotatable bonds is 3. The summed E-state index contributed by atoms with van der Waals surface area (Å²) in [7, 11) is 0. The summed E-state index contributed by atoms with van der Waals surface area (Å²) in [6, 6.07) is 2.63. The van der Waals surface area contributed by atoms with Gasteiger partial charge < -0.3 is 10.0 Å². The molecule has 1 aromatic carbocycles. The molecular weight excluding hydrogens is 283 g/mol. The number of carbonyl (C=O) groups is 2. The number of nitrogens with zero attached hydrogens (tertiary/aromatic N) is 2. The second kappa shape index (κ2) is 5.12. The van der Waals surface area contributed by atoms with E-state index in [-0.39, 0.29) is 25.1 Å². The summed E-state index contributed by atoms with van der Waals surface area (Å²) in [5.74, 6) is -2.53. The molecule has 1 aliphatic rings. The minimum atomic E-state index is -1.09. The van der Waals surface area contributed by atoms with Gasteiger partial charge in [0.25, 0.3) is 11.6 Å². The second-order valence-corrected chi connectivity index (χ2v) is 5.26. The first kappa shape index (κ1) is 14.9.